The van der Waals surface area contributed by atoms with Crippen LogP contribution in [0.4, 0.5) is 13.2 Å². The third-order valence-corrected chi connectivity index (χ3v) is 9.70. The highest BCUT2D eigenvalue weighted by molar-refractivity contribution is 7.90. The van der Waals surface area contributed by atoms with E-state index in [4.69, 9.17) is 27.9 Å². The Labute approximate surface area is 263 Å². The van der Waals surface area contributed by atoms with Gasteiger partial charge in [0.25, 0.3) is 0 Å². The van der Waals surface area contributed by atoms with Gasteiger partial charge in [0, 0.05) is 34.3 Å². The van der Waals surface area contributed by atoms with Crippen molar-refractivity contribution in [2.24, 2.45) is 5.92 Å². The van der Waals surface area contributed by atoms with Crippen molar-refractivity contribution in [3.05, 3.63) is 75.0 Å². The van der Waals surface area contributed by atoms with Gasteiger partial charge in [-0.05, 0) is 93.8 Å². The van der Waals surface area contributed by atoms with Gasteiger partial charge in [-0.25, -0.2) is 4.79 Å². The van der Waals surface area contributed by atoms with E-state index >= 15 is 0 Å². The number of likely N-dealkylation sites (tertiary alicyclic amines) is 1. The Morgan fingerprint density at radius 2 is 1.68 bits per heavy atom. The number of alkyl halides is 3. The molecule has 1 aliphatic heterocycles. The quantitative estimate of drug-likeness (QED) is 0.262. The van der Waals surface area contributed by atoms with E-state index in [1.54, 1.807) is 62.1 Å². The van der Waals surface area contributed by atoms with Crippen LogP contribution in [0, 0.1) is 5.92 Å². The second kappa shape index (κ2) is 11.7. The first kappa shape index (κ1) is 32.3. The average molecular weight is 673 g/mol. The van der Waals surface area contributed by atoms with Gasteiger partial charge in [-0.2, -0.15) is 30.8 Å². The summed E-state index contributed by atoms with van der Waals surface area (Å²) in [5, 5.41) is 4.46. The van der Waals surface area contributed by atoms with Crippen LogP contribution in [0.15, 0.2) is 42.6 Å². The number of halogens is 5. The zero-order chi connectivity index (χ0) is 32.2. The molecule has 2 heterocycles. The Kier molecular flexibility index (Phi) is 8.58. The maximum atomic E-state index is 13.5. The van der Waals surface area contributed by atoms with Gasteiger partial charge in [-0.3, -0.25) is 4.79 Å². The van der Waals surface area contributed by atoms with Gasteiger partial charge >= 0.3 is 21.5 Å². The number of hydrogen-bond acceptors (Lipinski definition) is 6. The Hall–Kier alpha value is -3.09. The fourth-order valence-electron chi connectivity index (χ4n) is 5.65. The summed E-state index contributed by atoms with van der Waals surface area (Å²) in [6, 6.07) is 9.75. The van der Waals surface area contributed by atoms with Gasteiger partial charge in [0.2, 0.25) is 5.91 Å². The molecule has 0 saturated carbocycles. The number of nitrogens with zero attached hydrogens (tertiary/aromatic N) is 3. The topological polar surface area (TPSA) is 98.6 Å². The van der Waals surface area contributed by atoms with Crippen molar-refractivity contribution >= 4 is 45.1 Å². The molecule has 1 saturated heterocycles. The summed E-state index contributed by atoms with van der Waals surface area (Å²) < 4.78 is 68.6. The van der Waals surface area contributed by atoms with Crippen LogP contribution in [0.25, 0.3) is 11.1 Å². The molecule has 2 aromatic carbocycles. The molecule has 2 unspecified atom stereocenters. The third-order valence-electron chi connectivity index (χ3n) is 7.76. The molecule has 1 aromatic heterocycles. The van der Waals surface area contributed by atoms with Crippen molar-refractivity contribution < 1.29 is 35.9 Å². The fraction of sp³-hybridized carbons (Fsp3) is 0.433. The number of fused-ring (bicyclic) bond motifs is 1. The predicted octanol–water partition coefficient (Wildman–Crippen LogP) is 6.98. The summed E-state index contributed by atoms with van der Waals surface area (Å²) >= 11 is 13.3. The number of aryl methyl sites for hydroxylation is 1. The molecule has 14 heteroatoms. The molecular weight excluding hydrogens is 642 g/mol. The Bertz CT molecular complexity index is 1690. The monoisotopic (exact) mass is 671 g/mol. The smallest absolute Gasteiger partial charge is 0.456 e. The Balaban J connectivity index is 1.31. The number of hydrogen-bond donors (Lipinski definition) is 0. The van der Waals surface area contributed by atoms with Crippen molar-refractivity contribution in [2.75, 3.05) is 6.54 Å². The largest absolute Gasteiger partial charge is 0.518 e. The molecule has 1 amide bonds. The molecule has 1 aliphatic carbocycles. The second-order valence-electron chi connectivity index (χ2n) is 12.0. The van der Waals surface area contributed by atoms with Gasteiger partial charge in [0.05, 0.1) is 17.3 Å². The van der Waals surface area contributed by atoms with Crippen LogP contribution in [0.5, 0.6) is 0 Å². The van der Waals surface area contributed by atoms with Crippen LogP contribution in [-0.2, 0) is 32.4 Å². The van der Waals surface area contributed by atoms with Gasteiger partial charge in [0.15, 0.2) is 0 Å². The van der Waals surface area contributed by atoms with E-state index in [9.17, 15) is 31.2 Å². The van der Waals surface area contributed by atoms with Gasteiger partial charge in [-0.15, -0.1) is 0 Å². The maximum absolute atomic E-state index is 13.5. The molecule has 8 nitrogen and oxygen atoms in total. The number of amides is 1. The van der Waals surface area contributed by atoms with E-state index in [-0.39, 0.29) is 22.1 Å². The standard InChI is InChI=1S/C30H30Cl2F3N3O5S/c1-29(2,3)43-28(40)18-9-7-17(8-10-18)20-14-23(31)21(24(32)15-20)13-19-11-12-37(27(19)39)26-6-4-5-25-22(26)16-38(36-25)44(41,42)30(33,34)35/h7-10,14-16,19,26H,4-6,11-13H2,1-3H3. The van der Waals surface area contributed by atoms with Crippen LogP contribution in [0.3, 0.4) is 0 Å². The number of esters is 1. The lowest BCUT2D eigenvalue weighted by molar-refractivity contribution is -0.133. The van der Waals surface area contributed by atoms with Crippen LogP contribution in [0.1, 0.15) is 73.3 Å². The van der Waals surface area contributed by atoms with Crippen molar-refractivity contribution in [3.8, 4) is 11.1 Å². The minimum absolute atomic E-state index is 0.0276. The Morgan fingerprint density at radius 1 is 1.05 bits per heavy atom. The molecule has 2 aliphatic rings. The number of carbonyl (C=O) groups is 2. The van der Waals surface area contributed by atoms with Gasteiger partial charge < -0.3 is 9.64 Å². The van der Waals surface area contributed by atoms with E-state index in [2.05, 4.69) is 5.10 Å². The molecule has 1 fully saturated rings. The molecule has 236 valence electrons. The number of rotatable bonds is 6. The first-order valence-electron chi connectivity index (χ1n) is 14.0. The highest BCUT2D eigenvalue weighted by Crippen LogP contribution is 2.41. The van der Waals surface area contributed by atoms with E-state index < -0.39 is 39.1 Å². The number of benzene rings is 2. The van der Waals surface area contributed by atoms with E-state index in [1.807, 2.05) is 0 Å². The first-order valence-corrected chi connectivity index (χ1v) is 16.2. The normalized spacial score (nSPS) is 19.3. The summed E-state index contributed by atoms with van der Waals surface area (Å²) in [7, 11) is -5.68. The SMILES string of the molecule is CC(C)(C)OC(=O)c1ccc(-c2cc(Cl)c(CC3CCN(C4CCCc5nn(S(=O)(=O)C(F)(F)F)cc54)C3=O)c(Cl)c2)cc1. The molecule has 44 heavy (non-hydrogen) atoms. The van der Waals surface area contributed by atoms with E-state index in [1.165, 1.54) is 0 Å². The number of aromatic nitrogens is 2. The van der Waals surface area contributed by atoms with Crippen molar-refractivity contribution in [1.29, 1.82) is 0 Å². The summed E-state index contributed by atoms with van der Waals surface area (Å²) in [5.74, 6) is -1.11. The van der Waals surface area contributed by atoms with Crippen LogP contribution in [0.2, 0.25) is 10.0 Å². The summed E-state index contributed by atoms with van der Waals surface area (Å²) in [6.07, 6.45) is 2.96. The molecule has 0 N–H and O–H groups in total. The molecule has 3 aromatic rings. The van der Waals surface area contributed by atoms with Gasteiger partial charge in [-0.1, -0.05) is 35.3 Å². The second-order valence-corrected chi connectivity index (χ2v) is 14.6. The summed E-state index contributed by atoms with van der Waals surface area (Å²) in [4.78, 5) is 27.5. The predicted molar refractivity (Wildman–Crippen MR) is 159 cm³/mol. The lowest BCUT2D eigenvalue weighted by Crippen LogP contribution is -2.34. The minimum atomic E-state index is -5.68. The highest BCUT2D eigenvalue weighted by atomic mass is 35.5. The van der Waals surface area contributed by atoms with Crippen LogP contribution in [-0.4, -0.2) is 52.0 Å². The number of carbonyl (C=O) groups excluding carboxylic acids is 2. The summed E-state index contributed by atoms with van der Waals surface area (Å²) in [5.41, 5.74) is -3.06. The van der Waals surface area contributed by atoms with Gasteiger partial charge in [0.1, 0.15) is 5.60 Å². The lowest BCUT2D eigenvalue weighted by Gasteiger charge is -2.31. The van der Waals surface area contributed by atoms with Crippen LogP contribution < -0.4 is 0 Å². The summed E-state index contributed by atoms with van der Waals surface area (Å²) in [6.45, 7) is 5.72. The van der Waals surface area contributed by atoms with E-state index in [0.29, 0.717) is 59.0 Å². The van der Waals surface area contributed by atoms with Crippen molar-refractivity contribution in [1.82, 2.24) is 14.1 Å². The molecule has 0 bridgehead atoms. The average Bonchev–Trinajstić information content (AvgIpc) is 3.53. The molecule has 2 atom stereocenters. The molecular formula is C30H30Cl2F3N3O5S. The first-order chi connectivity index (χ1) is 20.5. The van der Waals surface area contributed by atoms with Crippen molar-refractivity contribution in [3.63, 3.8) is 0 Å². The van der Waals surface area contributed by atoms with E-state index in [0.717, 1.165) is 17.3 Å². The molecule has 0 spiro atoms. The number of ether oxygens (including phenoxy) is 1. The Morgan fingerprint density at radius 3 is 2.27 bits per heavy atom. The zero-order valence-corrected chi connectivity index (χ0v) is 26.4. The lowest BCUT2D eigenvalue weighted by atomic mass is 9.91. The molecule has 5 rings (SSSR count). The minimum Gasteiger partial charge on any atom is -0.456 e. The maximum Gasteiger partial charge on any atom is 0.518 e. The zero-order valence-electron chi connectivity index (χ0n) is 24.1. The highest BCUT2D eigenvalue weighted by Gasteiger charge is 2.49. The fourth-order valence-corrected chi connectivity index (χ4v) is 6.96. The third kappa shape index (κ3) is 6.34. The molecule has 0 radical (unpaired) electrons. The van der Waals surface area contributed by atoms with Crippen molar-refractivity contribution in [2.45, 2.75) is 70.0 Å². The van der Waals surface area contributed by atoms with Crippen LogP contribution >= 0.6 is 23.2 Å².